The number of fused-ring (bicyclic) bond motifs is 1. The minimum Gasteiger partial charge on any atom is -0.268 e. The Morgan fingerprint density at radius 1 is 0.970 bits per heavy atom. The number of hydrogen-bond acceptors (Lipinski definition) is 3. The van der Waals surface area contributed by atoms with Crippen molar-refractivity contribution < 1.29 is 8.78 Å². The summed E-state index contributed by atoms with van der Waals surface area (Å²) in [6.45, 7) is 10.7. The number of aromatic nitrogens is 2. The van der Waals surface area contributed by atoms with Crippen molar-refractivity contribution in [3.05, 3.63) is 98.8 Å². The number of halogens is 2. The molecule has 1 aromatic heterocycles. The van der Waals surface area contributed by atoms with Crippen LogP contribution in [0.1, 0.15) is 43.0 Å². The lowest BCUT2D eigenvalue weighted by atomic mass is 9.84. The van der Waals surface area contributed by atoms with Crippen molar-refractivity contribution in [3.63, 3.8) is 0 Å². The van der Waals surface area contributed by atoms with Gasteiger partial charge in [0.25, 0.3) is 5.56 Å². The number of rotatable bonds is 4. The summed E-state index contributed by atoms with van der Waals surface area (Å²) in [5, 5.41) is 0.746. The van der Waals surface area contributed by atoms with Crippen LogP contribution < -0.4 is 5.56 Å². The Hall–Kier alpha value is -2.99. The Labute approximate surface area is 196 Å². The lowest BCUT2D eigenvalue weighted by Crippen LogP contribution is -2.22. The minimum atomic E-state index is -0.807. The summed E-state index contributed by atoms with van der Waals surface area (Å²) in [6.07, 6.45) is 0. The van der Waals surface area contributed by atoms with Crippen molar-refractivity contribution in [2.45, 2.75) is 50.9 Å². The number of aryl methyl sites for hydroxylation is 2. The molecule has 6 heteroatoms. The number of nitrogens with zero attached hydrogens (tertiary/aromatic N) is 2. The van der Waals surface area contributed by atoms with E-state index in [1.165, 1.54) is 28.0 Å². The minimum absolute atomic E-state index is 0.0151. The van der Waals surface area contributed by atoms with Crippen LogP contribution in [0.15, 0.2) is 64.5 Å². The molecule has 0 amide bonds. The second-order valence-electron chi connectivity index (χ2n) is 9.28. The van der Waals surface area contributed by atoms with Gasteiger partial charge in [0.05, 0.1) is 16.6 Å². The lowest BCUT2D eigenvalue weighted by Gasteiger charge is -2.22. The highest BCUT2D eigenvalue weighted by molar-refractivity contribution is 7.98. The molecular formula is C27H26F2N2OS. The van der Waals surface area contributed by atoms with Crippen LogP contribution in [0.3, 0.4) is 0 Å². The molecule has 0 aliphatic rings. The van der Waals surface area contributed by atoms with Gasteiger partial charge in [-0.05, 0) is 65.8 Å². The van der Waals surface area contributed by atoms with E-state index in [-0.39, 0.29) is 16.7 Å². The summed E-state index contributed by atoms with van der Waals surface area (Å²) in [7, 11) is 0. The second kappa shape index (κ2) is 8.75. The maximum atomic E-state index is 14.7. The molecule has 3 nitrogen and oxygen atoms in total. The van der Waals surface area contributed by atoms with Gasteiger partial charge in [-0.3, -0.25) is 9.36 Å². The van der Waals surface area contributed by atoms with Crippen LogP contribution in [0.25, 0.3) is 16.6 Å². The highest BCUT2D eigenvalue weighted by Gasteiger charge is 2.19. The molecular weight excluding hydrogens is 438 g/mol. The van der Waals surface area contributed by atoms with Crippen LogP contribution in [0.4, 0.5) is 8.78 Å². The summed E-state index contributed by atoms with van der Waals surface area (Å²) in [4.78, 5) is 18.0. The standard InChI is InChI=1S/C27H26F2N2OS/c1-16-12-18(27(3,4)5)13-17(2)21(16)15-33-26-30-23-9-7-6-8-20(23)25(32)31(26)24-11-10-19(28)14-22(24)29/h6-14H,15H2,1-5H3. The molecule has 0 saturated heterocycles. The monoisotopic (exact) mass is 464 g/mol. The van der Waals surface area contributed by atoms with Gasteiger partial charge >= 0.3 is 0 Å². The maximum Gasteiger partial charge on any atom is 0.266 e. The van der Waals surface area contributed by atoms with Crippen molar-refractivity contribution in [1.29, 1.82) is 0 Å². The fraction of sp³-hybridized carbons (Fsp3) is 0.259. The Balaban J connectivity index is 1.82. The Morgan fingerprint density at radius 2 is 1.64 bits per heavy atom. The Morgan fingerprint density at radius 3 is 2.27 bits per heavy atom. The molecule has 0 spiro atoms. The van der Waals surface area contributed by atoms with Crippen LogP contribution >= 0.6 is 11.8 Å². The second-order valence-corrected chi connectivity index (χ2v) is 10.2. The topological polar surface area (TPSA) is 34.9 Å². The van der Waals surface area contributed by atoms with Crippen LogP contribution in [0.2, 0.25) is 0 Å². The highest BCUT2D eigenvalue weighted by atomic mass is 32.2. The van der Waals surface area contributed by atoms with Gasteiger partial charge in [-0.2, -0.15) is 0 Å². The molecule has 0 N–H and O–H groups in total. The van der Waals surface area contributed by atoms with Crippen LogP contribution in [-0.2, 0) is 11.2 Å². The largest absolute Gasteiger partial charge is 0.268 e. The molecule has 170 valence electrons. The highest BCUT2D eigenvalue weighted by Crippen LogP contribution is 2.31. The fourth-order valence-corrected chi connectivity index (χ4v) is 5.08. The third-order valence-electron chi connectivity index (χ3n) is 5.80. The fourth-order valence-electron chi connectivity index (χ4n) is 3.88. The molecule has 1 heterocycles. The van der Waals surface area contributed by atoms with Crippen molar-refractivity contribution in [3.8, 4) is 5.69 Å². The van der Waals surface area contributed by atoms with Gasteiger partial charge in [-0.15, -0.1) is 0 Å². The van der Waals surface area contributed by atoms with E-state index in [0.717, 1.165) is 28.8 Å². The van der Waals surface area contributed by atoms with Crippen molar-refractivity contribution in [2.75, 3.05) is 0 Å². The molecule has 0 radical (unpaired) electrons. The maximum absolute atomic E-state index is 14.7. The first-order chi connectivity index (χ1) is 15.6. The first kappa shape index (κ1) is 23.2. The van der Waals surface area contributed by atoms with E-state index in [1.54, 1.807) is 18.2 Å². The van der Waals surface area contributed by atoms with E-state index >= 15 is 0 Å². The SMILES string of the molecule is Cc1cc(C(C)(C)C)cc(C)c1CSc1nc2ccccc2c(=O)n1-c1ccc(F)cc1F. The number of benzene rings is 3. The zero-order valence-electron chi connectivity index (χ0n) is 19.4. The zero-order chi connectivity index (χ0) is 23.9. The third-order valence-corrected chi connectivity index (χ3v) is 6.77. The number of hydrogen-bond donors (Lipinski definition) is 0. The third kappa shape index (κ3) is 4.58. The van der Waals surface area contributed by atoms with Crippen molar-refractivity contribution >= 4 is 22.7 Å². The van der Waals surface area contributed by atoms with Crippen molar-refractivity contribution in [2.24, 2.45) is 0 Å². The molecule has 0 fully saturated rings. The van der Waals surface area contributed by atoms with E-state index in [9.17, 15) is 13.6 Å². The molecule has 0 aliphatic carbocycles. The first-order valence-electron chi connectivity index (χ1n) is 10.8. The quantitative estimate of drug-likeness (QED) is 0.244. The molecule has 0 atom stereocenters. The molecule has 3 aromatic carbocycles. The van der Waals surface area contributed by atoms with E-state index in [2.05, 4.69) is 51.7 Å². The molecule has 4 aromatic rings. The van der Waals surface area contributed by atoms with E-state index in [0.29, 0.717) is 21.8 Å². The predicted molar refractivity (Wildman–Crippen MR) is 131 cm³/mol. The molecule has 0 bridgehead atoms. The van der Waals surface area contributed by atoms with Gasteiger partial charge in [0.15, 0.2) is 5.16 Å². The average Bonchev–Trinajstić information content (AvgIpc) is 2.73. The Bertz CT molecular complexity index is 1400. The average molecular weight is 465 g/mol. The lowest BCUT2D eigenvalue weighted by molar-refractivity contribution is 0.572. The number of para-hydroxylation sites is 1. The van der Waals surface area contributed by atoms with E-state index < -0.39 is 11.6 Å². The van der Waals surface area contributed by atoms with Gasteiger partial charge in [0, 0.05) is 11.8 Å². The summed E-state index contributed by atoms with van der Waals surface area (Å²) in [6, 6.07) is 14.6. The predicted octanol–water partition coefficient (Wildman–Crippen LogP) is 6.87. The van der Waals surface area contributed by atoms with Crippen LogP contribution in [0, 0.1) is 25.5 Å². The first-order valence-corrected chi connectivity index (χ1v) is 11.8. The molecule has 0 unspecified atom stereocenters. The van der Waals surface area contributed by atoms with Crippen LogP contribution in [-0.4, -0.2) is 9.55 Å². The van der Waals surface area contributed by atoms with Crippen molar-refractivity contribution in [1.82, 2.24) is 9.55 Å². The smallest absolute Gasteiger partial charge is 0.266 e. The van der Waals surface area contributed by atoms with Crippen LogP contribution in [0.5, 0.6) is 0 Å². The summed E-state index contributed by atoms with van der Waals surface area (Å²) in [5.41, 5.74) is 4.93. The van der Waals surface area contributed by atoms with Gasteiger partial charge in [0.1, 0.15) is 11.6 Å². The number of thioether (sulfide) groups is 1. The molecule has 33 heavy (non-hydrogen) atoms. The van der Waals surface area contributed by atoms with Gasteiger partial charge in [-0.1, -0.05) is 56.8 Å². The zero-order valence-corrected chi connectivity index (χ0v) is 20.2. The Kier molecular flexibility index (Phi) is 6.14. The summed E-state index contributed by atoms with van der Waals surface area (Å²) in [5.74, 6) is -0.939. The summed E-state index contributed by atoms with van der Waals surface area (Å²) >= 11 is 1.37. The van der Waals surface area contributed by atoms with Gasteiger partial charge in [0.2, 0.25) is 0 Å². The normalized spacial score (nSPS) is 11.8. The molecule has 0 aliphatic heterocycles. The van der Waals surface area contributed by atoms with Gasteiger partial charge in [-0.25, -0.2) is 13.8 Å². The summed E-state index contributed by atoms with van der Waals surface area (Å²) < 4.78 is 29.5. The molecule has 4 rings (SSSR count). The molecule has 0 saturated carbocycles. The van der Waals surface area contributed by atoms with E-state index in [4.69, 9.17) is 0 Å². The van der Waals surface area contributed by atoms with E-state index in [1.807, 2.05) is 6.07 Å². The van der Waals surface area contributed by atoms with Gasteiger partial charge < -0.3 is 0 Å².